The lowest BCUT2D eigenvalue weighted by Gasteiger charge is -2.10. The molecule has 0 bridgehead atoms. The SMILES string of the molecule is COc1cnn(C2CCCC2)c1Cl. The fourth-order valence-electron chi connectivity index (χ4n) is 1.87. The van der Waals surface area contributed by atoms with Crippen LogP contribution in [0, 0.1) is 0 Å². The second-order valence-corrected chi connectivity index (χ2v) is 3.74. The summed E-state index contributed by atoms with van der Waals surface area (Å²) in [5, 5.41) is 4.86. The molecule has 72 valence electrons. The summed E-state index contributed by atoms with van der Waals surface area (Å²) in [4.78, 5) is 0. The molecule has 4 heteroatoms. The predicted octanol–water partition coefficient (Wildman–Crippen LogP) is 2.66. The fourth-order valence-corrected chi connectivity index (χ4v) is 2.18. The molecule has 0 spiro atoms. The maximum absolute atomic E-state index is 6.08. The van der Waals surface area contributed by atoms with Gasteiger partial charge in [0, 0.05) is 0 Å². The maximum Gasteiger partial charge on any atom is 0.175 e. The molecule has 1 heterocycles. The number of hydrogen-bond donors (Lipinski definition) is 0. The highest BCUT2D eigenvalue weighted by atomic mass is 35.5. The molecule has 2 rings (SSSR count). The van der Waals surface area contributed by atoms with E-state index in [4.69, 9.17) is 16.3 Å². The van der Waals surface area contributed by atoms with Gasteiger partial charge in [-0.25, -0.2) is 4.68 Å². The van der Waals surface area contributed by atoms with E-state index in [1.54, 1.807) is 13.3 Å². The number of halogens is 1. The molecule has 0 amide bonds. The molecule has 13 heavy (non-hydrogen) atoms. The van der Waals surface area contributed by atoms with Crippen LogP contribution in [0.5, 0.6) is 5.75 Å². The van der Waals surface area contributed by atoms with Gasteiger partial charge in [-0.2, -0.15) is 5.10 Å². The summed E-state index contributed by atoms with van der Waals surface area (Å²) in [7, 11) is 1.61. The van der Waals surface area contributed by atoms with Crippen molar-refractivity contribution in [2.24, 2.45) is 0 Å². The Morgan fingerprint density at radius 2 is 2.23 bits per heavy atom. The molecule has 1 aliphatic rings. The number of ether oxygens (including phenoxy) is 1. The van der Waals surface area contributed by atoms with Crippen LogP contribution >= 0.6 is 11.6 Å². The molecule has 0 radical (unpaired) electrons. The molecule has 1 aromatic rings. The molecule has 0 N–H and O–H groups in total. The van der Waals surface area contributed by atoms with Gasteiger partial charge in [0.15, 0.2) is 10.9 Å². The van der Waals surface area contributed by atoms with Crippen LogP contribution in [0.25, 0.3) is 0 Å². The van der Waals surface area contributed by atoms with Gasteiger partial charge in [-0.3, -0.25) is 0 Å². The number of methoxy groups -OCH3 is 1. The van der Waals surface area contributed by atoms with E-state index in [0.717, 1.165) is 0 Å². The van der Waals surface area contributed by atoms with Gasteiger partial charge >= 0.3 is 0 Å². The van der Waals surface area contributed by atoms with Crippen molar-refractivity contribution in [3.63, 3.8) is 0 Å². The van der Waals surface area contributed by atoms with Gasteiger partial charge in [-0.15, -0.1) is 0 Å². The van der Waals surface area contributed by atoms with Crippen LogP contribution in [0.1, 0.15) is 31.7 Å². The standard InChI is InChI=1S/C9H13ClN2O/c1-13-8-6-11-12(9(8)10)7-4-2-3-5-7/h6-7H,2-5H2,1H3. The molecule has 0 aliphatic heterocycles. The van der Waals surface area contributed by atoms with Gasteiger partial charge in [-0.05, 0) is 12.8 Å². The zero-order chi connectivity index (χ0) is 9.26. The quantitative estimate of drug-likeness (QED) is 0.734. The Hall–Kier alpha value is -0.700. The summed E-state index contributed by atoms with van der Waals surface area (Å²) >= 11 is 6.08. The third-order valence-corrected chi connectivity index (χ3v) is 2.95. The Morgan fingerprint density at radius 1 is 1.54 bits per heavy atom. The Morgan fingerprint density at radius 3 is 2.77 bits per heavy atom. The van der Waals surface area contributed by atoms with E-state index in [1.807, 2.05) is 4.68 Å². The monoisotopic (exact) mass is 200 g/mol. The van der Waals surface area contributed by atoms with Gasteiger partial charge in [0.25, 0.3) is 0 Å². The lowest BCUT2D eigenvalue weighted by Crippen LogP contribution is -2.06. The van der Waals surface area contributed by atoms with Crippen molar-refractivity contribution < 1.29 is 4.74 Å². The molecule has 0 aromatic carbocycles. The van der Waals surface area contributed by atoms with Crippen LogP contribution in [0.15, 0.2) is 6.20 Å². The lowest BCUT2D eigenvalue weighted by atomic mass is 10.3. The number of hydrogen-bond acceptors (Lipinski definition) is 2. The highest BCUT2D eigenvalue weighted by Gasteiger charge is 2.21. The smallest absolute Gasteiger partial charge is 0.175 e. The molecule has 1 fully saturated rings. The Balaban J connectivity index is 2.24. The van der Waals surface area contributed by atoms with Crippen molar-refractivity contribution in [2.45, 2.75) is 31.7 Å². The molecule has 1 aliphatic carbocycles. The van der Waals surface area contributed by atoms with Crippen molar-refractivity contribution in [2.75, 3.05) is 7.11 Å². The molecule has 0 unspecified atom stereocenters. The maximum atomic E-state index is 6.08. The Bertz CT molecular complexity index is 292. The van der Waals surface area contributed by atoms with E-state index in [9.17, 15) is 0 Å². The van der Waals surface area contributed by atoms with Gasteiger partial charge in [0.2, 0.25) is 0 Å². The summed E-state index contributed by atoms with van der Waals surface area (Å²) in [5.41, 5.74) is 0. The normalized spacial score (nSPS) is 18.0. The van der Waals surface area contributed by atoms with Crippen molar-refractivity contribution >= 4 is 11.6 Å². The van der Waals surface area contributed by atoms with Gasteiger partial charge in [0.1, 0.15) is 0 Å². The summed E-state index contributed by atoms with van der Waals surface area (Å²) in [6.45, 7) is 0. The average Bonchev–Trinajstić information content (AvgIpc) is 2.72. The van der Waals surface area contributed by atoms with Crippen LogP contribution in [0.4, 0.5) is 0 Å². The largest absolute Gasteiger partial charge is 0.492 e. The molecular weight excluding hydrogens is 188 g/mol. The first kappa shape index (κ1) is 8.88. The van der Waals surface area contributed by atoms with E-state index in [-0.39, 0.29) is 0 Å². The zero-order valence-electron chi connectivity index (χ0n) is 7.66. The first-order valence-electron chi connectivity index (χ1n) is 4.60. The van der Waals surface area contributed by atoms with E-state index in [0.29, 0.717) is 16.9 Å². The second-order valence-electron chi connectivity index (χ2n) is 3.39. The van der Waals surface area contributed by atoms with Crippen LogP contribution in [0.3, 0.4) is 0 Å². The molecule has 1 saturated carbocycles. The van der Waals surface area contributed by atoms with Gasteiger partial charge < -0.3 is 4.74 Å². The third-order valence-electron chi connectivity index (χ3n) is 2.59. The highest BCUT2D eigenvalue weighted by Crippen LogP contribution is 2.34. The minimum atomic E-state index is 0.483. The molecule has 0 saturated heterocycles. The topological polar surface area (TPSA) is 27.1 Å². The van der Waals surface area contributed by atoms with Gasteiger partial charge in [-0.1, -0.05) is 24.4 Å². The Kier molecular flexibility index (Phi) is 2.44. The summed E-state index contributed by atoms with van der Waals surface area (Å²) in [6.07, 6.45) is 6.61. The van der Waals surface area contributed by atoms with Crippen molar-refractivity contribution in [3.8, 4) is 5.75 Å². The van der Waals surface area contributed by atoms with Crippen LogP contribution in [-0.4, -0.2) is 16.9 Å². The van der Waals surface area contributed by atoms with Gasteiger partial charge in [0.05, 0.1) is 19.3 Å². The molecule has 3 nitrogen and oxygen atoms in total. The van der Waals surface area contributed by atoms with Crippen molar-refractivity contribution in [1.82, 2.24) is 9.78 Å². The minimum Gasteiger partial charge on any atom is -0.492 e. The van der Waals surface area contributed by atoms with E-state index < -0.39 is 0 Å². The number of nitrogens with zero attached hydrogens (tertiary/aromatic N) is 2. The van der Waals surface area contributed by atoms with E-state index in [2.05, 4.69) is 5.10 Å². The first-order chi connectivity index (χ1) is 6.33. The number of rotatable bonds is 2. The van der Waals surface area contributed by atoms with Crippen LogP contribution < -0.4 is 4.74 Å². The van der Waals surface area contributed by atoms with Crippen molar-refractivity contribution in [1.29, 1.82) is 0 Å². The first-order valence-corrected chi connectivity index (χ1v) is 4.97. The van der Waals surface area contributed by atoms with E-state index >= 15 is 0 Å². The second kappa shape index (κ2) is 3.58. The fraction of sp³-hybridized carbons (Fsp3) is 0.667. The average molecular weight is 201 g/mol. The molecule has 0 atom stereocenters. The minimum absolute atomic E-state index is 0.483. The predicted molar refractivity (Wildman–Crippen MR) is 51.3 cm³/mol. The zero-order valence-corrected chi connectivity index (χ0v) is 8.42. The van der Waals surface area contributed by atoms with E-state index in [1.165, 1.54) is 25.7 Å². The third kappa shape index (κ3) is 1.53. The van der Waals surface area contributed by atoms with Crippen LogP contribution in [0.2, 0.25) is 5.15 Å². The lowest BCUT2D eigenvalue weighted by molar-refractivity contribution is 0.410. The molecular formula is C9H13ClN2O. The summed E-state index contributed by atoms with van der Waals surface area (Å²) in [5.74, 6) is 0.675. The molecule has 1 aromatic heterocycles. The summed E-state index contributed by atoms with van der Waals surface area (Å²) in [6, 6.07) is 0.483. The van der Waals surface area contributed by atoms with Crippen molar-refractivity contribution in [3.05, 3.63) is 11.3 Å². The Labute approximate surface area is 82.6 Å². The highest BCUT2D eigenvalue weighted by molar-refractivity contribution is 6.31. The summed E-state index contributed by atoms with van der Waals surface area (Å²) < 4.78 is 6.95. The van der Waals surface area contributed by atoms with Crippen LogP contribution in [-0.2, 0) is 0 Å². The number of aromatic nitrogens is 2.